The zero-order chi connectivity index (χ0) is 25.1. The quantitative estimate of drug-likeness (QED) is 0.215. The number of rotatable bonds is 14. The van der Waals surface area contributed by atoms with Gasteiger partial charge < -0.3 is 32.1 Å². The van der Waals surface area contributed by atoms with E-state index in [-0.39, 0.29) is 25.2 Å². The molecule has 0 aliphatic carbocycles. The predicted octanol–water partition coefficient (Wildman–Crippen LogP) is -0.576. The largest absolute Gasteiger partial charge is 0.480 e. The second kappa shape index (κ2) is 14.0. The molecule has 1 heterocycles. The predicted molar refractivity (Wildman–Crippen MR) is 125 cm³/mol. The third-order valence-electron chi connectivity index (χ3n) is 5.92. The molecule has 5 atom stereocenters. The minimum absolute atomic E-state index is 0.0506. The first-order chi connectivity index (χ1) is 15.5. The number of nitrogens with zero attached hydrogens (tertiary/aromatic N) is 1. The Kier molecular flexibility index (Phi) is 12.2. The molecule has 0 saturated carbocycles. The highest BCUT2D eigenvalue weighted by atomic mass is 32.2. The molecule has 11 nitrogen and oxygen atoms in total. The number of likely N-dealkylation sites (tertiary alicyclic amines) is 1. The first-order valence-electron chi connectivity index (χ1n) is 11.2. The Morgan fingerprint density at radius 1 is 1.12 bits per heavy atom. The molecule has 1 aliphatic rings. The Morgan fingerprint density at radius 3 is 2.30 bits per heavy atom. The van der Waals surface area contributed by atoms with Gasteiger partial charge in [0.2, 0.25) is 23.6 Å². The fraction of sp³-hybridized carbons (Fsp3) is 0.762. The summed E-state index contributed by atoms with van der Waals surface area (Å²) in [6.45, 7) is 4.00. The number of hydrogen-bond donors (Lipinski definition) is 5. The van der Waals surface area contributed by atoms with Crippen LogP contribution in [0, 0.1) is 5.92 Å². The van der Waals surface area contributed by atoms with E-state index in [0.717, 1.165) is 0 Å². The Balaban J connectivity index is 3.01. The molecule has 0 aromatic carbocycles. The molecule has 5 unspecified atom stereocenters. The van der Waals surface area contributed by atoms with E-state index in [1.165, 1.54) is 16.7 Å². The van der Waals surface area contributed by atoms with Gasteiger partial charge in [-0.2, -0.15) is 11.8 Å². The average molecular weight is 488 g/mol. The van der Waals surface area contributed by atoms with Gasteiger partial charge in [-0.05, 0) is 43.6 Å². The number of primary amides is 1. The van der Waals surface area contributed by atoms with Crippen molar-refractivity contribution < 1.29 is 29.1 Å². The van der Waals surface area contributed by atoms with Gasteiger partial charge in [0, 0.05) is 13.0 Å². The van der Waals surface area contributed by atoms with Crippen molar-refractivity contribution in [3.63, 3.8) is 0 Å². The first-order valence-corrected chi connectivity index (χ1v) is 12.6. The Hall–Kier alpha value is -2.34. The van der Waals surface area contributed by atoms with Crippen LogP contribution in [-0.4, -0.2) is 82.3 Å². The summed E-state index contributed by atoms with van der Waals surface area (Å²) in [5, 5.41) is 14.6. The smallest absolute Gasteiger partial charge is 0.326 e. The van der Waals surface area contributed by atoms with Gasteiger partial charge in [0.05, 0.1) is 6.04 Å². The molecule has 1 aliphatic heterocycles. The maximum atomic E-state index is 13.1. The van der Waals surface area contributed by atoms with Crippen LogP contribution in [0.5, 0.6) is 0 Å². The van der Waals surface area contributed by atoms with Gasteiger partial charge in [0.15, 0.2) is 0 Å². The van der Waals surface area contributed by atoms with Crippen LogP contribution in [0.1, 0.15) is 52.4 Å². The van der Waals surface area contributed by atoms with E-state index in [0.29, 0.717) is 31.6 Å². The van der Waals surface area contributed by atoms with Crippen molar-refractivity contribution in [3.8, 4) is 0 Å². The topological polar surface area (TPSA) is 185 Å². The van der Waals surface area contributed by atoms with Gasteiger partial charge in [-0.25, -0.2) is 4.79 Å². The number of carbonyl (C=O) groups excluding carboxylic acids is 4. The van der Waals surface area contributed by atoms with Crippen LogP contribution in [-0.2, 0) is 24.0 Å². The molecule has 7 N–H and O–H groups in total. The van der Waals surface area contributed by atoms with Crippen LogP contribution in [0.4, 0.5) is 0 Å². The van der Waals surface area contributed by atoms with Gasteiger partial charge in [0.25, 0.3) is 0 Å². The van der Waals surface area contributed by atoms with Crippen molar-refractivity contribution in [1.82, 2.24) is 15.5 Å². The number of carbonyl (C=O) groups is 5. The third kappa shape index (κ3) is 8.84. The van der Waals surface area contributed by atoms with Gasteiger partial charge in [-0.3, -0.25) is 19.2 Å². The van der Waals surface area contributed by atoms with Crippen LogP contribution in [0.15, 0.2) is 0 Å². The zero-order valence-corrected chi connectivity index (χ0v) is 20.4. The molecule has 33 heavy (non-hydrogen) atoms. The molecular formula is C21H37N5O6S. The molecule has 188 valence electrons. The van der Waals surface area contributed by atoms with Crippen LogP contribution >= 0.6 is 11.8 Å². The molecule has 0 aromatic heterocycles. The minimum atomic E-state index is -1.11. The highest BCUT2D eigenvalue weighted by Crippen LogP contribution is 2.20. The number of carboxylic acid groups (broad SMARTS) is 1. The standard InChI is InChI=1S/C21H37N5O6S/c1-4-12(2)17(23)19(29)24-13(7-8-16(22)27)18(28)25-14(9-11-33-3)20(30)26-10-5-6-15(26)21(31)32/h12-15,17H,4-11,23H2,1-3H3,(H2,22,27)(H,24,29)(H,25,28)(H,31,32). The molecule has 1 rings (SSSR count). The third-order valence-corrected chi connectivity index (χ3v) is 6.56. The van der Waals surface area contributed by atoms with Crippen molar-refractivity contribution in [2.24, 2.45) is 17.4 Å². The summed E-state index contributed by atoms with van der Waals surface area (Å²) >= 11 is 1.48. The Bertz CT molecular complexity index is 721. The van der Waals surface area contributed by atoms with E-state index in [4.69, 9.17) is 11.5 Å². The molecule has 0 spiro atoms. The number of carboxylic acids is 1. The van der Waals surface area contributed by atoms with Crippen LogP contribution in [0.3, 0.4) is 0 Å². The lowest BCUT2D eigenvalue weighted by molar-refractivity contribution is -0.149. The summed E-state index contributed by atoms with van der Waals surface area (Å²) in [7, 11) is 0. The molecule has 1 saturated heterocycles. The second-order valence-corrected chi connectivity index (χ2v) is 9.33. The highest BCUT2D eigenvalue weighted by Gasteiger charge is 2.38. The number of nitrogens with two attached hydrogens (primary N) is 2. The lowest BCUT2D eigenvalue weighted by Gasteiger charge is -2.29. The Morgan fingerprint density at radius 2 is 1.76 bits per heavy atom. The SMILES string of the molecule is CCC(C)C(N)C(=O)NC(CCC(N)=O)C(=O)NC(CCSC)C(=O)N1CCCC1C(=O)O. The number of amides is 4. The molecule has 0 bridgehead atoms. The van der Waals surface area contributed by atoms with Gasteiger partial charge in [-0.15, -0.1) is 0 Å². The minimum Gasteiger partial charge on any atom is -0.480 e. The maximum absolute atomic E-state index is 13.1. The highest BCUT2D eigenvalue weighted by molar-refractivity contribution is 7.98. The van der Waals surface area contributed by atoms with Crippen LogP contribution in [0.25, 0.3) is 0 Å². The fourth-order valence-electron chi connectivity index (χ4n) is 3.59. The van der Waals surface area contributed by atoms with Gasteiger partial charge in [-0.1, -0.05) is 20.3 Å². The first kappa shape index (κ1) is 28.7. The summed E-state index contributed by atoms with van der Waals surface area (Å²) in [4.78, 5) is 62.8. The number of hydrogen-bond acceptors (Lipinski definition) is 7. The van der Waals surface area contributed by atoms with E-state index in [2.05, 4.69) is 10.6 Å². The summed E-state index contributed by atoms with van der Waals surface area (Å²) in [5.41, 5.74) is 11.2. The zero-order valence-electron chi connectivity index (χ0n) is 19.5. The van der Waals surface area contributed by atoms with Crippen molar-refractivity contribution in [2.45, 2.75) is 76.5 Å². The van der Waals surface area contributed by atoms with Gasteiger partial charge >= 0.3 is 5.97 Å². The molecule has 12 heteroatoms. The summed E-state index contributed by atoms with van der Waals surface area (Å²) in [6, 6.07) is -3.83. The van der Waals surface area contributed by atoms with E-state index in [1.807, 2.05) is 20.1 Å². The van der Waals surface area contributed by atoms with E-state index in [9.17, 15) is 29.1 Å². The fourth-order valence-corrected chi connectivity index (χ4v) is 4.06. The summed E-state index contributed by atoms with van der Waals surface area (Å²) in [5.74, 6) is -2.94. The van der Waals surface area contributed by atoms with Crippen molar-refractivity contribution in [1.29, 1.82) is 0 Å². The molecule has 0 aromatic rings. The number of thioether (sulfide) groups is 1. The van der Waals surface area contributed by atoms with Crippen molar-refractivity contribution in [2.75, 3.05) is 18.6 Å². The van der Waals surface area contributed by atoms with E-state index in [1.54, 1.807) is 0 Å². The molecule has 1 fully saturated rings. The lowest BCUT2D eigenvalue weighted by Crippen LogP contribution is -2.57. The summed E-state index contributed by atoms with van der Waals surface area (Å²) in [6.07, 6.45) is 3.53. The van der Waals surface area contributed by atoms with E-state index < -0.39 is 53.8 Å². The molecule has 0 radical (unpaired) electrons. The van der Waals surface area contributed by atoms with Crippen LogP contribution < -0.4 is 22.1 Å². The monoisotopic (exact) mass is 487 g/mol. The van der Waals surface area contributed by atoms with Crippen molar-refractivity contribution >= 4 is 41.4 Å². The van der Waals surface area contributed by atoms with E-state index >= 15 is 0 Å². The maximum Gasteiger partial charge on any atom is 0.326 e. The number of aliphatic carboxylic acids is 1. The van der Waals surface area contributed by atoms with Gasteiger partial charge in [0.1, 0.15) is 18.1 Å². The van der Waals surface area contributed by atoms with Crippen molar-refractivity contribution in [3.05, 3.63) is 0 Å². The summed E-state index contributed by atoms with van der Waals surface area (Å²) < 4.78 is 0. The lowest BCUT2D eigenvalue weighted by atomic mass is 9.98. The normalized spacial score (nSPS) is 19.3. The second-order valence-electron chi connectivity index (χ2n) is 8.35. The number of nitrogens with one attached hydrogen (secondary N) is 2. The average Bonchev–Trinajstić information content (AvgIpc) is 3.27. The Labute approximate surface area is 198 Å². The molecular weight excluding hydrogens is 450 g/mol. The molecule has 4 amide bonds. The van der Waals surface area contributed by atoms with Crippen LogP contribution in [0.2, 0.25) is 0 Å².